The van der Waals surface area contributed by atoms with Gasteiger partial charge in [-0.05, 0) is 25.1 Å². The van der Waals surface area contributed by atoms with Gasteiger partial charge in [-0.3, -0.25) is 9.59 Å². The third-order valence-corrected chi connectivity index (χ3v) is 5.28. The summed E-state index contributed by atoms with van der Waals surface area (Å²) in [5.74, 6) is -0.183. The molecule has 9 nitrogen and oxygen atoms in total. The van der Waals surface area contributed by atoms with Gasteiger partial charge in [-0.1, -0.05) is 12.1 Å². The van der Waals surface area contributed by atoms with Gasteiger partial charge in [0.05, 0.1) is 11.3 Å². The molecule has 1 aliphatic rings. The maximum absolute atomic E-state index is 13.1. The quantitative estimate of drug-likeness (QED) is 0.550. The Balaban J connectivity index is 1.54. The van der Waals surface area contributed by atoms with E-state index in [1.54, 1.807) is 17.0 Å². The first kappa shape index (κ1) is 22.5. The van der Waals surface area contributed by atoms with Crippen molar-refractivity contribution in [2.24, 2.45) is 0 Å². The highest BCUT2D eigenvalue weighted by Crippen LogP contribution is 2.32. The molecular formula is C21H21F3N6O3. The van der Waals surface area contributed by atoms with Gasteiger partial charge in [0.2, 0.25) is 5.95 Å². The van der Waals surface area contributed by atoms with Crippen LogP contribution in [0.1, 0.15) is 19.4 Å². The van der Waals surface area contributed by atoms with Crippen LogP contribution in [0.15, 0.2) is 36.5 Å². The van der Waals surface area contributed by atoms with E-state index in [0.29, 0.717) is 43.4 Å². The van der Waals surface area contributed by atoms with E-state index in [-0.39, 0.29) is 11.7 Å². The summed E-state index contributed by atoms with van der Waals surface area (Å²) in [5.41, 5.74) is 0.00601. The molecule has 0 unspecified atom stereocenters. The normalized spacial score (nSPS) is 15.5. The van der Waals surface area contributed by atoms with Gasteiger partial charge in [0.25, 0.3) is 11.7 Å². The number of carbonyl (C=O) groups is 2. The molecule has 12 heteroatoms. The molecule has 0 bridgehead atoms. The summed E-state index contributed by atoms with van der Waals surface area (Å²) in [6.07, 6.45) is -3.85. The summed E-state index contributed by atoms with van der Waals surface area (Å²) >= 11 is 0. The SMILES string of the molecule is CC(=O)O[C@@H](C)C(=O)N1CCN(c2nc3nccc(-c4cccc(C(F)(F)F)c4)n3n2)CC1. The topological polar surface area (TPSA) is 92.9 Å². The minimum Gasteiger partial charge on any atom is -0.453 e. The number of fused-ring (bicyclic) bond motifs is 1. The van der Waals surface area contributed by atoms with Crippen LogP contribution < -0.4 is 4.90 Å². The number of hydrogen-bond acceptors (Lipinski definition) is 7. The number of halogens is 3. The van der Waals surface area contributed by atoms with E-state index in [0.717, 1.165) is 12.1 Å². The highest BCUT2D eigenvalue weighted by Gasteiger charge is 2.31. The van der Waals surface area contributed by atoms with Gasteiger partial charge in [0, 0.05) is 44.9 Å². The molecule has 1 amide bonds. The third kappa shape index (κ3) is 4.73. The molecule has 174 valence electrons. The number of carbonyl (C=O) groups excluding carboxylic acids is 2. The molecule has 3 heterocycles. The van der Waals surface area contributed by atoms with Gasteiger partial charge >= 0.3 is 12.1 Å². The Morgan fingerprint density at radius 3 is 2.52 bits per heavy atom. The average Bonchev–Trinajstić information content (AvgIpc) is 3.22. The minimum atomic E-state index is -4.46. The Bertz CT molecular complexity index is 1190. The standard InChI is InChI=1S/C21H21F3N6O3/c1-13(33-14(2)31)18(32)28-8-10-29(11-9-28)20-26-19-25-7-6-17(30(19)27-20)15-4-3-5-16(12-15)21(22,23)24/h3-7,12-13H,8-11H2,1-2H3/t13-/m0/s1. The second kappa shape index (κ2) is 8.68. The average molecular weight is 462 g/mol. The number of benzene rings is 1. The van der Waals surface area contributed by atoms with Crippen LogP contribution in [0.25, 0.3) is 17.0 Å². The third-order valence-electron chi connectivity index (χ3n) is 5.28. The Hall–Kier alpha value is -3.70. The lowest BCUT2D eigenvalue weighted by Crippen LogP contribution is -2.52. The summed E-state index contributed by atoms with van der Waals surface area (Å²) in [4.78, 5) is 35.6. The van der Waals surface area contributed by atoms with E-state index in [1.807, 2.05) is 4.90 Å². The number of rotatable bonds is 4. The van der Waals surface area contributed by atoms with Crippen molar-refractivity contribution in [1.29, 1.82) is 0 Å². The Kier molecular flexibility index (Phi) is 5.91. The largest absolute Gasteiger partial charge is 0.453 e. The molecule has 1 aromatic carbocycles. The molecule has 3 aromatic rings. The highest BCUT2D eigenvalue weighted by molar-refractivity contribution is 5.83. The van der Waals surface area contributed by atoms with Crippen LogP contribution in [0.4, 0.5) is 19.1 Å². The Morgan fingerprint density at radius 1 is 1.12 bits per heavy atom. The number of piperazine rings is 1. The first-order valence-corrected chi connectivity index (χ1v) is 10.2. The van der Waals surface area contributed by atoms with Gasteiger partial charge in [-0.15, -0.1) is 5.10 Å². The number of esters is 1. The Morgan fingerprint density at radius 2 is 1.85 bits per heavy atom. The number of anilines is 1. The number of ether oxygens (including phenoxy) is 1. The highest BCUT2D eigenvalue weighted by atomic mass is 19.4. The predicted octanol–water partition coefficient (Wildman–Crippen LogP) is 2.41. The minimum absolute atomic E-state index is 0.252. The number of hydrogen-bond donors (Lipinski definition) is 0. The maximum atomic E-state index is 13.1. The second-order valence-electron chi connectivity index (χ2n) is 7.60. The summed E-state index contributed by atoms with van der Waals surface area (Å²) in [6.45, 7) is 4.42. The molecule has 1 saturated heterocycles. The van der Waals surface area contributed by atoms with Crippen LogP contribution >= 0.6 is 0 Å². The number of amides is 1. The van der Waals surface area contributed by atoms with E-state index in [1.165, 1.54) is 30.6 Å². The number of alkyl halides is 3. The van der Waals surface area contributed by atoms with Crippen molar-refractivity contribution in [3.05, 3.63) is 42.1 Å². The van der Waals surface area contributed by atoms with Gasteiger partial charge in [-0.2, -0.15) is 22.7 Å². The maximum Gasteiger partial charge on any atom is 0.416 e. The van der Waals surface area contributed by atoms with E-state index >= 15 is 0 Å². The van der Waals surface area contributed by atoms with E-state index in [9.17, 15) is 22.8 Å². The zero-order chi connectivity index (χ0) is 23.8. The molecule has 0 saturated carbocycles. The fraction of sp³-hybridized carbons (Fsp3) is 0.381. The van der Waals surface area contributed by atoms with E-state index in [4.69, 9.17) is 4.74 Å². The van der Waals surface area contributed by atoms with Gasteiger partial charge in [0.15, 0.2) is 6.10 Å². The fourth-order valence-electron chi connectivity index (χ4n) is 3.67. The molecule has 1 atom stereocenters. The van der Waals surface area contributed by atoms with Crippen LogP contribution in [0, 0.1) is 0 Å². The molecule has 4 rings (SSSR count). The molecule has 0 spiro atoms. The van der Waals surface area contributed by atoms with Gasteiger partial charge in [-0.25, -0.2) is 4.98 Å². The summed E-state index contributed by atoms with van der Waals surface area (Å²) in [5, 5.41) is 4.46. The zero-order valence-corrected chi connectivity index (χ0v) is 17.9. The number of nitrogens with zero attached hydrogens (tertiary/aromatic N) is 6. The van der Waals surface area contributed by atoms with Crippen molar-refractivity contribution in [1.82, 2.24) is 24.5 Å². The van der Waals surface area contributed by atoms with Gasteiger partial charge in [0.1, 0.15) is 0 Å². The fourth-order valence-corrected chi connectivity index (χ4v) is 3.67. The van der Waals surface area contributed by atoms with Crippen LogP contribution in [-0.4, -0.2) is 68.6 Å². The lowest BCUT2D eigenvalue weighted by atomic mass is 10.1. The van der Waals surface area contributed by atoms with Crippen molar-refractivity contribution in [3.8, 4) is 11.3 Å². The predicted molar refractivity (Wildman–Crippen MR) is 111 cm³/mol. The molecule has 0 N–H and O–H groups in total. The van der Waals surface area contributed by atoms with Crippen LogP contribution in [0.2, 0.25) is 0 Å². The van der Waals surface area contributed by atoms with Gasteiger partial charge < -0.3 is 14.5 Å². The monoisotopic (exact) mass is 462 g/mol. The molecule has 2 aromatic heterocycles. The molecule has 1 aliphatic heterocycles. The second-order valence-corrected chi connectivity index (χ2v) is 7.60. The van der Waals surface area contributed by atoms with Crippen molar-refractivity contribution in [2.75, 3.05) is 31.1 Å². The first-order chi connectivity index (χ1) is 15.6. The van der Waals surface area contributed by atoms with E-state index in [2.05, 4.69) is 15.1 Å². The zero-order valence-electron chi connectivity index (χ0n) is 17.9. The van der Waals surface area contributed by atoms with Crippen LogP contribution in [0.3, 0.4) is 0 Å². The molecular weight excluding hydrogens is 441 g/mol. The van der Waals surface area contributed by atoms with Crippen molar-refractivity contribution in [3.63, 3.8) is 0 Å². The summed E-state index contributed by atoms with van der Waals surface area (Å²) in [7, 11) is 0. The smallest absolute Gasteiger partial charge is 0.416 e. The molecule has 33 heavy (non-hydrogen) atoms. The number of aromatic nitrogens is 4. The molecule has 0 aliphatic carbocycles. The molecule has 0 radical (unpaired) electrons. The summed E-state index contributed by atoms with van der Waals surface area (Å²) < 4.78 is 45.8. The van der Waals surface area contributed by atoms with Crippen LogP contribution in [0.5, 0.6) is 0 Å². The molecule has 1 fully saturated rings. The Labute approximate surface area is 186 Å². The lowest BCUT2D eigenvalue weighted by Gasteiger charge is -2.35. The van der Waals surface area contributed by atoms with Crippen molar-refractivity contribution < 1.29 is 27.5 Å². The van der Waals surface area contributed by atoms with Crippen molar-refractivity contribution in [2.45, 2.75) is 26.1 Å². The summed E-state index contributed by atoms with van der Waals surface area (Å²) in [6, 6.07) is 6.56. The van der Waals surface area contributed by atoms with Crippen LogP contribution in [-0.2, 0) is 20.5 Å². The lowest BCUT2D eigenvalue weighted by molar-refractivity contribution is -0.157. The first-order valence-electron chi connectivity index (χ1n) is 10.2. The van der Waals surface area contributed by atoms with E-state index < -0.39 is 23.8 Å². The van der Waals surface area contributed by atoms with Crippen molar-refractivity contribution >= 4 is 23.6 Å².